The number of alkyl halides is 1. The minimum Gasteiger partial charge on any atom is -0.459 e. The molecule has 0 bridgehead atoms. The van der Waals surface area contributed by atoms with Crippen molar-refractivity contribution in [1.29, 1.82) is 0 Å². The standard InChI is InChI=1S/C29H28FNO7/c1-19(32)31-25-26(38-28(34)22-15-9-4-10-16-22)24(30)23(18-35-27(33)21-13-7-3-8-14-21)37-29(25)36-17-20-11-5-2-6-12-20/h2-16,23-26,29H,17-18H2,1H3,(H,31,32)/t23?,24-,25+,26-,29+/m1/s1. The minimum atomic E-state index is -1.94. The summed E-state index contributed by atoms with van der Waals surface area (Å²) in [5.41, 5.74) is 1.31. The maximum Gasteiger partial charge on any atom is 0.338 e. The highest BCUT2D eigenvalue weighted by Gasteiger charge is 2.50. The molecule has 1 unspecified atom stereocenters. The van der Waals surface area contributed by atoms with Crippen LogP contribution in [0.5, 0.6) is 0 Å². The van der Waals surface area contributed by atoms with Gasteiger partial charge in [0.15, 0.2) is 18.6 Å². The van der Waals surface area contributed by atoms with Gasteiger partial charge in [-0.25, -0.2) is 14.0 Å². The van der Waals surface area contributed by atoms with E-state index in [0.717, 1.165) is 5.56 Å². The Bertz CT molecular complexity index is 1210. The van der Waals surface area contributed by atoms with Crippen LogP contribution in [0.2, 0.25) is 0 Å². The third-order valence-corrected chi connectivity index (χ3v) is 5.89. The van der Waals surface area contributed by atoms with Gasteiger partial charge in [0.25, 0.3) is 0 Å². The molecule has 1 fully saturated rings. The van der Waals surface area contributed by atoms with Gasteiger partial charge in [-0.05, 0) is 29.8 Å². The molecule has 9 heteroatoms. The van der Waals surface area contributed by atoms with Gasteiger partial charge in [0.2, 0.25) is 5.91 Å². The molecule has 3 aromatic carbocycles. The summed E-state index contributed by atoms with van der Waals surface area (Å²) in [7, 11) is 0. The highest BCUT2D eigenvalue weighted by atomic mass is 19.1. The smallest absolute Gasteiger partial charge is 0.338 e. The molecule has 38 heavy (non-hydrogen) atoms. The number of amides is 1. The van der Waals surface area contributed by atoms with Crippen LogP contribution in [0.4, 0.5) is 4.39 Å². The van der Waals surface area contributed by atoms with Crippen molar-refractivity contribution < 1.29 is 37.7 Å². The highest BCUT2D eigenvalue weighted by molar-refractivity contribution is 5.90. The molecule has 0 aliphatic carbocycles. The van der Waals surface area contributed by atoms with Crippen molar-refractivity contribution >= 4 is 17.8 Å². The van der Waals surface area contributed by atoms with E-state index < -0.39 is 55.2 Å². The van der Waals surface area contributed by atoms with Crippen molar-refractivity contribution in [1.82, 2.24) is 5.32 Å². The van der Waals surface area contributed by atoms with Crippen LogP contribution in [0.25, 0.3) is 0 Å². The van der Waals surface area contributed by atoms with Crippen molar-refractivity contribution in [2.75, 3.05) is 6.61 Å². The van der Waals surface area contributed by atoms with Crippen LogP contribution in [-0.2, 0) is 30.3 Å². The Morgan fingerprint density at radius 3 is 1.97 bits per heavy atom. The first-order valence-corrected chi connectivity index (χ1v) is 12.1. The van der Waals surface area contributed by atoms with Crippen LogP contribution < -0.4 is 5.32 Å². The van der Waals surface area contributed by atoms with E-state index in [1.807, 2.05) is 30.3 Å². The van der Waals surface area contributed by atoms with E-state index in [2.05, 4.69) is 5.32 Å². The summed E-state index contributed by atoms with van der Waals surface area (Å²) in [5.74, 6) is -1.93. The second-order valence-corrected chi connectivity index (χ2v) is 8.71. The van der Waals surface area contributed by atoms with Crippen molar-refractivity contribution in [3.8, 4) is 0 Å². The molecule has 1 saturated heterocycles. The maximum atomic E-state index is 15.9. The largest absolute Gasteiger partial charge is 0.459 e. The first kappa shape index (κ1) is 27.0. The predicted molar refractivity (Wildman–Crippen MR) is 135 cm³/mol. The zero-order valence-corrected chi connectivity index (χ0v) is 20.7. The third-order valence-electron chi connectivity index (χ3n) is 5.89. The zero-order valence-electron chi connectivity index (χ0n) is 20.7. The second-order valence-electron chi connectivity index (χ2n) is 8.71. The van der Waals surface area contributed by atoms with Gasteiger partial charge in [0.1, 0.15) is 18.8 Å². The lowest BCUT2D eigenvalue weighted by atomic mass is 9.97. The van der Waals surface area contributed by atoms with Gasteiger partial charge < -0.3 is 24.3 Å². The summed E-state index contributed by atoms with van der Waals surface area (Å²) in [6, 6.07) is 24.4. The Hall–Kier alpha value is -4.08. The number of halogens is 1. The van der Waals surface area contributed by atoms with Crippen LogP contribution in [0.1, 0.15) is 33.2 Å². The molecule has 8 nitrogen and oxygen atoms in total. The minimum absolute atomic E-state index is 0.0778. The van der Waals surface area contributed by atoms with Gasteiger partial charge in [0, 0.05) is 6.92 Å². The summed E-state index contributed by atoms with van der Waals surface area (Å²) in [6.07, 6.45) is -5.97. The summed E-state index contributed by atoms with van der Waals surface area (Å²) < 4.78 is 38.6. The molecule has 1 N–H and O–H groups in total. The highest BCUT2D eigenvalue weighted by Crippen LogP contribution is 2.29. The lowest BCUT2D eigenvalue weighted by Gasteiger charge is -2.42. The monoisotopic (exact) mass is 521 g/mol. The maximum absolute atomic E-state index is 15.9. The van der Waals surface area contributed by atoms with Crippen LogP contribution in [0.3, 0.4) is 0 Å². The van der Waals surface area contributed by atoms with Gasteiger partial charge in [-0.15, -0.1) is 0 Å². The molecule has 5 atom stereocenters. The number of benzene rings is 3. The molecular formula is C29H28FNO7. The Morgan fingerprint density at radius 1 is 0.842 bits per heavy atom. The molecule has 1 aliphatic rings. The molecule has 0 aromatic heterocycles. The van der Waals surface area contributed by atoms with E-state index in [1.165, 1.54) is 19.1 Å². The normalized spacial score (nSPS) is 22.7. The number of nitrogens with one attached hydrogen (secondary N) is 1. The Balaban J connectivity index is 1.56. The van der Waals surface area contributed by atoms with Crippen molar-refractivity contribution in [2.24, 2.45) is 0 Å². The zero-order chi connectivity index (χ0) is 26.9. The fraction of sp³-hybridized carbons (Fsp3) is 0.276. The van der Waals surface area contributed by atoms with Crippen LogP contribution in [0.15, 0.2) is 91.0 Å². The quantitative estimate of drug-likeness (QED) is 0.427. The molecule has 0 radical (unpaired) electrons. The van der Waals surface area contributed by atoms with E-state index in [-0.39, 0.29) is 12.2 Å². The van der Waals surface area contributed by atoms with Crippen molar-refractivity contribution in [3.63, 3.8) is 0 Å². The summed E-state index contributed by atoms with van der Waals surface area (Å²) in [4.78, 5) is 37.4. The van der Waals surface area contributed by atoms with E-state index in [4.69, 9.17) is 18.9 Å². The van der Waals surface area contributed by atoms with Crippen LogP contribution in [0, 0.1) is 0 Å². The van der Waals surface area contributed by atoms with Crippen molar-refractivity contribution in [2.45, 2.75) is 44.2 Å². The lowest BCUT2D eigenvalue weighted by Crippen LogP contribution is -2.64. The fourth-order valence-corrected chi connectivity index (χ4v) is 4.03. The number of rotatable bonds is 9. The summed E-state index contributed by atoms with van der Waals surface area (Å²) >= 11 is 0. The number of carbonyl (C=O) groups is 3. The van der Waals surface area contributed by atoms with Crippen molar-refractivity contribution in [3.05, 3.63) is 108 Å². The molecule has 1 amide bonds. The van der Waals surface area contributed by atoms with E-state index in [1.54, 1.807) is 48.5 Å². The molecule has 1 heterocycles. The Kier molecular flexibility index (Phi) is 9.18. The Morgan fingerprint density at radius 2 is 1.39 bits per heavy atom. The third kappa shape index (κ3) is 7.02. The second kappa shape index (κ2) is 12.9. The van der Waals surface area contributed by atoms with Gasteiger partial charge in [-0.1, -0.05) is 66.7 Å². The predicted octanol–water partition coefficient (Wildman–Crippen LogP) is 3.85. The van der Waals surface area contributed by atoms with Gasteiger partial charge in [0.05, 0.1) is 17.7 Å². The topological polar surface area (TPSA) is 100 Å². The molecule has 3 aromatic rings. The molecule has 1 aliphatic heterocycles. The number of carbonyl (C=O) groups excluding carboxylic acids is 3. The van der Waals surface area contributed by atoms with Gasteiger partial charge in [-0.2, -0.15) is 0 Å². The average molecular weight is 522 g/mol. The first-order valence-electron chi connectivity index (χ1n) is 12.1. The fourth-order valence-electron chi connectivity index (χ4n) is 4.03. The van der Waals surface area contributed by atoms with Gasteiger partial charge in [-0.3, -0.25) is 4.79 Å². The van der Waals surface area contributed by atoms with Gasteiger partial charge >= 0.3 is 11.9 Å². The molecule has 0 saturated carbocycles. The van der Waals surface area contributed by atoms with E-state index >= 15 is 4.39 Å². The molecule has 198 valence electrons. The molecule has 4 rings (SSSR count). The SMILES string of the molecule is CC(=O)N[C@@H]1[C@@H](OCc2ccccc2)OC(COC(=O)c2ccccc2)[C@@H](F)[C@H]1OC(=O)c1ccccc1. The number of hydrogen-bond donors (Lipinski definition) is 1. The molecule has 0 spiro atoms. The first-order chi connectivity index (χ1) is 18.4. The molecular weight excluding hydrogens is 493 g/mol. The van der Waals surface area contributed by atoms with E-state index in [0.29, 0.717) is 5.56 Å². The Labute approximate surface area is 219 Å². The number of esters is 2. The number of hydrogen-bond acceptors (Lipinski definition) is 7. The summed E-state index contributed by atoms with van der Waals surface area (Å²) in [5, 5.41) is 2.60. The van der Waals surface area contributed by atoms with Crippen LogP contribution >= 0.6 is 0 Å². The van der Waals surface area contributed by atoms with E-state index in [9.17, 15) is 14.4 Å². The average Bonchev–Trinajstić information content (AvgIpc) is 2.95. The lowest BCUT2D eigenvalue weighted by molar-refractivity contribution is -0.261. The number of ether oxygens (including phenoxy) is 4. The summed E-state index contributed by atoms with van der Waals surface area (Å²) in [6.45, 7) is 0.867. The van der Waals surface area contributed by atoms with Crippen LogP contribution in [-0.4, -0.2) is 55.2 Å².